The zero-order valence-electron chi connectivity index (χ0n) is 31.0. The molecule has 6 atom stereocenters. The van der Waals surface area contributed by atoms with Crippen molar-refractivity contribution in [2.45, 2.75) is 137 Å². The van der Waals surface area contributed by atoms with Crippen LogP contribution in [0.4, 0.5) is 8.78 Å². The maximum atomic E-state index is 14.3. The smallest absolute Gasteiger partial charge is 0.464 e. The first kappa shape index (κ1) is 37.3. The highest BCUT2D eigenvalue weighted by Crippen LogP contribution is 2.66. The molecular weight excluding hydrogens is 746 g/mol. The van der Waals surface area contributed by atoms with Gasteiger partial charge in [0, 0.05) is 11.8 Å². The van der Waals surface area contributed by atoms with E-state index in [-0.39, 0.29) is 87.2 Å². The number of ether oxygens (including phenoxy) is 5. The van der Waals surface area contributed by atoms with Crippen molar-refractivity contribution in [2.24, 2.45) is 57.7 Å². The third-order valence-electron chi connectivity index (χ3n) is 16.3. The number of halogens is 2. The summed E-state index contributed by atoms with van der Waals surface area (Å²) in [7, 11) is -6.03. The van der Waals surface area contributed by atoms with Crippen LogP contribution in [0.25, 0.3) is 0 Å². The summed E-state index contributed by atoms with van der Waals surface area (Å²) < 4.78 is 91.3. The molecular formula is C39H52F2O13S. The van der Waals surface area contributed by atoms with Gasteiger partial charge in [0.25, 0.3) is 0 Å². The van der Waals surface area contributed by atoms with Crippen molar-refractivity contribution in [3.05, 3.63) is 0 Å². The summed E-state index contributed by atoms with van der Waals surface area (Å²) in [5.74, 6) is -3.95. The second-order valence-corrected chi connectivity index (χ2v) is 22.3. The minimum absolute atomic E-state index is 0.0107. The summed E-state index contributed by atoms with van der Waals surface area (Å²) >= 11 is 0. The molecule has 16 heteroatoms. The lowest BCUT2D eigenvalue weighted by molar-refractivity contribution is -0.397. The van der Waals surface area contributed by atoms with Gasteiger partial charge in [0.05, 0.1) is 40.7 Å². The van der Waals surface area contributed by atoms with E-state index < -0.39 is 72.0 Å². The van der Waals surface area contributed by atoms with Gasteiger partial charge in [-0.3, -0.25) is 14.1 Å². The maximum Gasteiger partial charge on any atom is 0.465 e. The van der Waals surface area contributed by atoms with Gasteiger partial charge < -0.3 is 33.9 Å². The molecule has 12 saturated carbocycles. The van der Waals surface area contributed by atoms with Gasteiger partial charge in [0.2, 0.25) is 0 Å². The van der Waals surface area contributed by atoms with Gasteiger partial charge in [-0.05, 0) is 139 Å². The first-order valence-corrected chi connectivity index (χ1v) is 21.8. The van der Waals surface area contributed by atoms with Crippen LogP contribution in [0.3, 0.4) is 0 Å². The van der Waals surface area contributed by atoms with Gasteiger partial charge >= 0.3 is 33.3 Å². The third-order valence-corrected chi connectivity index (χ3v) is 17.1. The lowest BCUT2D eigenvalue weighted by Crippen LogP contribution is -2.70. The van der Waals surface area contributed by atoms with E-state index in [1.54, 1.807) is 0 Å². The summed E-state index contributed by atoms with van der Waals surface area (Å²) in [6.45, 7) is -0.333. The molecule has 1 spiro atoms. The van der Waals surface area contributed by atoms with Crippen molar-refractivity contribution in [1.82, 2.24) is 0 Å². The van der Waals surface area contributed by atoms with Crippen LogP contribution >= 0.6 is 0 Å². The van der Waals surface area contributed by atoms with Crippen LogP contribution in [0.15, 0.2) is 0 Å². The van der Waals surface area contributed by atoms with Crippen molar-refractivity contribution >= 4 is 28.0 Å². The fraction of sp³-hybridized carbons (Fsp3) is 0.923. The molecule has 0 amide bonds. The fourth-order valence-corrected chi connectivity index (χ4v) is 15.5. The molecule has 13 aliphatic rings. The highest BCUT2D eigenvalue weighted by Gasteiger charge is 2.69. The number of esters is 3. The van der Waals surface area contributed by atoms with Crippen LogP contribution in [0.1, 0.15) is 109 Å². The molecule has 1 aliphatic heterocycles. The predicted molar refractivity (Wildman–Crippen MR) is 182 cm³/mol. The minimum Gasteiger partial charge on any atom is -0.464 e. The van der Waals surface area contributed by atoms with Crippen molar-refractivity contribution in [3.63, 3.8) is 0 Å². The number of aliphatic hydroxyl groups is 2. The number of carbonyl (C=O) groups excluding carboxylic acids is 3. The Labute approximate surface area is 318 Å². The molecule has 0 aromatic rings. The summed E-state index contributed by atoms with van der Waals surface area (Å²) in [6, 6.07) is 0. The Morgan fingerprint density at radius 2 is 1.09 bits per heavy atom. The zero-order valence-corrected chi connectivity index (χ0v) is 31.8. The maximum absolute atomic E-state index is 14.3. The first-order chi connectivity index (χ1) is 25.7. The van der Waals surface area contributed by atoms with Crippen LogP contribution in [0, 0.1) is 57.7 Å². The highest BCUT2D eigenvalue weighted by molar-refractivity contribution is 7.87. The lowest BCUT2D eigenvalue weighted by atomic mass is 9.48. The molecule has 13 rings (SSSR count). The van der Waals surface area contributed by atoms with E-state index in [1.807, 2.05) is 0 Å². The molecule has 55 heavy (non-hydrogen) atoms. The van der Waals surface area contributed by atoms with E-state index >= 15 is 0 Å². The summed E-state index contributed by atoms with van der Waals surface area (Å²) in [5, 5.41) is 17.5. The molecule has 12 bridgehead atoms. The Balaban J connectivity index is 0.874. The quantitative estimate of drug-likeness (QED) is 0.172. The zero-order chi connectivity index (χ0) is 38.7. The molecule has 3 N–H and O–H groups in total. The molecule has 1 saturated heterocycles. The molecule has 0 aromatic carbocycles. The van der Waals surface area contributed by atoms with Crippen molar-refractivity contribution < 1.29 is 70.0 Å². The van der Waals surface area contributed by atoms with Gasteiger partial charge in [-0.2, -0.15) is 17.2 Å². The summed E-state index contributed by atoms with van der Waals surface area (Å²) in [5.41, 5.74) is -5.75. The van der Waals surface area contributed by atoms with Crippen LogP contribution in [0.2, 0.25) is 0 Å². The topological polar surface area (TPSA) is 192 Å². The number of hydrogen-bond donors (Lipinski definition) is 3. The minimum atomic E-state index is -6.03. The third kappa shape index (κ3) is 5.71. The Morgan fingerprint density at radius 1 is 0.655 bits per heavy atom. The summed E-state index contributed by atoms with van der Waals surface area (Å²) in [6.07, 6.45) is 9.88. The predicted octanol–water partition coefficient (Wildman–Crippen LogP) is 4.07. The molecule has 13 nitrogen and oxygen atoms in total. The van der Waals surface area contributed by atoms with Crippen LogP contribution in [-0.4, -0.2) is 95.4 Å². The second-order valence-electron chi connectivity index (χ2n) is 20.8. The Hall–Kier alpha value is -1.98. The standard InChI is InChI=1S/C39H52F2O13S/c40-39(41,55(47,48)49)31(44)54-37-13-22-3-27(14-37)38(28(4-22)15-37)52-20-32(21-53-38,18-50-29(42)33-5-23-1-24(6-33)10-35(45,9-23)16-33)19-51-30(43)34-7-25-2-26(8-34)12-36(46,11-25)17-34/h22-28,45-46H,1-21H2,(H,47,48,49). The number of rotatable bonds is 9. The number of hydrogen-bond acceptors (Lipinski definition) is 12. The van der Waals surface area contributed by atoms with Gasteiger partial charge in [-0.25, -0.2) is 4.79 Å². The van der Waals surface area contributed by atoms with E-state index in [9.17, 15) is 41.8 Å². The largest absolute Gasteiger partial charge is 0.465 e. The van der Waals surface area contributed by atoms with Crippen LogP contribution in [0.5, 0.6) is 0 Å². The molecule has 1 heterocycles. The Morgan fingerprint density at radius 3 is 1.49 bits per heavy atom. The molecule has 6 unspecified atom stereocenters. The van der Waals surface area contributed by atoms with Gasteiger partial charge in [-0.15, -0.1) is 0 Å². The van der Waals surface area contributed by atoms with E-state index in [4.69, 9.17) is 28.2 Å². The van der Waals surface area contributed by atoms with Crippen LogP contribution < -0.4 is 0 Å². The van der Waals surface area contributed by atoms with Crippen molar-refractivity contribution in [2.75, 3.05) is 26.4 Å². The monoisotopic (exact) mass is 798 g/mol. The SMILES string of the molecule is O=C(OCC1(COC(=O)C23CC4CC(CC(O)(C4)C2)C3)COC2(OC1)C1CC3CC2CC(OC(=O)C(F)(F)S(=O)(=O)O)(C3)C1)C12CC3CC(CC(O)(C3)C1)C2. The van der Waals surface area contributed by atoms with Gasteiger partial charge in [-0.1, -0.05) is 0 Å². The lowest BCUT2D eigenvalue weighted by Gasteiger charge is -2.65. The Kier molecular flexibility index (Phi) is 7.87. The number of alkyl halides is 2. The van der Waals surface area contributed by atoms with E-state index in [1.165, 1.54) is 0 Å². The fourth-order valence-electron chi connectivity index (χ4n) is 15.3. The molecule has 0 aromatic heterocycles. The van der Waals surface area contributed by atoms with Gasteiger partial charge in [0.15, 0.2) is 5.79 Å². The normalized spacial score (nSPS) is 51.4. The second kappa shape index (κ2) is 11.6. The van der Waals surface area contributed by atoms with E-state index in [0.717, 1.165) is 12.8 Å². The molecule has 13 fully saturated rings. The number of carbonyl (C=O) groups is 3. The Bertz CT molecular complexity index is 1680. The summed E-state index contributed by atoms with van der Waals surface area (Å²) in [4.78, 5) is 40.6. The molecule has 306 valence electrons. The van der Waals surface area contributed by atoms with Crippen LogP contribution in [-0.2, 0) is 48.2 Å². The van der Waals surface area contributed by atoms with Crippen molar-refractivity contribution in [1.29, 1.82) is 0 Å². The average molecular weight is 799 g/mol. The van der Waals surface area contributed by atoms with Crippen molar-refractivity contribution in [3.8, 4) is 0 Å². The molecule has 0 radical (unpaired) electrons. The average Bonchev–Trinajstić information content (AvgIpc) is 3.06. The molecule has 12 aliphatic carbocycles. The highest BCUT2D eigenvalue weighted by atomic mass is 32.2. The van der Waals surface area contributed by atoms with E-state index in [2.05, 4.69) is 0 Å². The van der Waals surface area contributed by atoms with E-state index in [0.29, 0.717) is 77.0 Å². The first-order valence-electron chi connectivity index (χ1n) is 20.3. The van der Waals surface area contributed by atoms with Gasteiger partial charge in [0.1, 0.15) is 18.8 Å².